The molecule has 2 heterocycles. The minimum Gasteiger partial charge on any atom is -0.274 e. The molecular weight excluding hydrogens is 330 g/mol. The molecule has 0 aromatic carbocycles. The highest BCUT2D eigenvalue weighted by molar-refractivity contribution is 7.12. The van der Waals surface area contributed by atoms with Gasteiger partial charge in [0.2, 0.25) is 11.8 Å². The van der Waals surface area contributed by atoms with Crippen molar-refractivity contribution in [1.29, 1.82) is 0 Å². The van der Waals surface area contributed by atoms with Gasteiger partial charge in [-0.15, -0.1) is 11.3 Å². The van der Waals surface area contributed by atoms with Crippen LogP contribution in [0, 0.1) is 11.8 Å². The average Bonchev–Trinajstić information content (AvgIpc) is 3.20. The van der Waals surface area contributed by atoms with Crippen LogP contribution in [0.2, 0.25) is 0 Å². The minimum absolute atomic E-state index is 0.318. The Hall–Kier alpha value is -2.48. The number of nitrogens with one attached hydrogen (secondary N) is 2. The Morgan fingerprint density at radius 2 is 1.79 bits per heavy atom. The Labute approximate surface area is 142 Å². The molecule has 3 atom stereocenters. The third kappa shape index (κ3) is 2.84. The SMILES string of the molecule is C[C@@H](C(=O)NNC(=O)c1cccs1)N1C(=O)[C@H]2CC=CC[C@H]2C1=O. The Bertz CT molecular complexity index is 687. The van der Waals surface area contributed by atoms with Crippen molar-refractivity contribution in [2.24, 2.45) is 11.8 Å². The monoisotopic (exact) mass is 347 g/mol. The van der Waals surface area contributed by atoms with Crippen molar-refractivity contribution in [3.05, 3.63) is 34.5 Å². The first kappa shape index (κ1) is 16.4. The van der Waals surface area contributed by atoms with Gasteiger partial charge in [-0.05, 0) is 31.2 Å². The highest BCUT2D eigenvalue weighted by atomic mass is 32.1. The summed E-state index contributed by atoms with van der Waals surface area (Å²) in [6.07, 6.45) is 4.83. The molecule has 1 saturated heterocycles. The first-order valence-corrected chi connectivity index (χ1v) is 8.54. The molecule has 0 saturated carbocycles. The van der Waals surface area contributed by atoms with Gasteiger partial charge >= 0.3 is 0 Å². The van der Waals surface area contributed by atoms with Crippen molar-refractivity contribution in [2.45, 2.75) is 25.8 Å². The molecule has 0 bridgehead atoms. The fourth-order valence-corrected chi connectivity index (χ4v) is 3.64. The van der Waals surface area contributed by atoms with E-state index in [-0.39, 0.29) is 23.7 Å². The summed E-state index contributed by atoms with van der Waals surface area (Å²) in [6.45, 7) is 1.48. The van der Waals surface area contributed by atoms with Crippen LogP contribution in [0.4, 0.5) is 0 Å². The summed E-state index contributed by atoms with van der Waals surface area (Å²) >= 11 is 1.24. The number of rotatable bonds is 3. The van der Waals surface area contributed by atoms with Gasteiger partial charge in [0.15, 0.2) is 0 Å². The van der Waals surface area contributed by atoms with E-state index < -0.39 is 17.9 Å². The van der Waals surface area contributed by atoms with E-state index >= 15 is 0 Å². The number of nitrogens with zero attached hydrogens (tertiary/aromatic N) is 1. The van der Waals surface area contributed by atoms with Crippen LogP contribution in [0.25, 0.3) is 0 Å². The van der Waals surface area contributed by atoms with Crippen molar-refractivity contribution in [2.75, 3.05) is 0 Å². The summed E-state index contributed by atoms with van der Waals surface area (Å²) in [4.78, 5) is 50.4. The highest BCUT2D eigenvalue weighted by Crippen LogP contribution is 2.35. The number of hydrogen-bond acceptors (Lipinski definition) is 5. The van der Waals surface area contributed by atoms with Crippen LogP contribution < -0.4 is 10.9 Å². The fraction of sp³-hybridized carbons (Fsp3) is 0.375. The number of hydrazine groups is 1. The molecule has 8 heteroatoms. The van der Waals surface area contributed by atoms with Crippen LogP contribution in [0.5, 0.6) is 0 Å². The molecule has 1 fully saturated rings. The predicted molar refractivity (Wildman–Crippen MR) is 86.6 cm³/mol. The third-order valence-corrected chi connectivity index (χ3v) is 5.22. The van der Waals surface area contributed by atoms with Gasteiger partial charge in [-0.25, -0.2) is 0 Å². The van der Waals surface area contributed by atoms with Gasteiger partial charge in [-0.2, -0.15) is 0 Å². The molecule has 1 aliphatic carbocycles. The smallest absolute Gasteiger partial charge is 0.274 e. The molecule has 126 valence electrons. The van der Waals surface area contributed by atoms with Crippen LogP contribution in [-0.2, 0) is 14.4 Å². The van der Waals surface area contributed by atoms with Gasteiger partial charge in [0.05, 0.1) is 16.7 Å². The van der Waals surface area contributed by atoms with E-state index in [0.29, 0.717) is 17.7 Å². The summed E-state index contributed by atoms with van der Waals surface area (Å²) in [7, 11) is 0. The summed E-state index contributed by atoms with van der Waals surface area (Å²) < 4.78 is 0. The van der Waals surface area contributed by atoms with Crippen LogP contribution in [0.3, 0.4) is 0 Å². The second-order valence-electron chi connectivity index (χ2n) is 5.80. The number of thiophene rings is 1. The van der Waals surface area contributed by atoms with Crippen LogP contribution in [0.15, 0.2) is 29.7 Å². The minimum atomic E-state index is -0.973. The summed E-state index contributed by atoms with van der Waals surface area (Å²) in [6, 6.07) is 2.38. The molecule has 0 unspecified atom stereocenters. The first-order chi connectivity index (χ1) is 11.5. The number of fused-ring (bicyclic) bond motifs is 1. The summed E-state index contributed by atoms with van der Waals surface area (Å²) in [5.74, 6) is -2.43. The Kier molecular flexibility index (Phi) is 4.48. The van der Waals surface area contributed by atoms with Gasteiger partial charge in [0.1, 0.15) is 6.04 Å². The molecule has 0 radical (unpaired) electrons. The lowest BCUT2D eigenvalue weighted by Crippen LogP contribution is -2.53. The zero-order chi connectivity index (χ0) is 17.3. The lowest BCUT2D eigenvalue weighted by molar-refractivity contribution is -0.147. The number of allylic oxidation sites excluding steroid dienone is 2. The zero-order valence-electron chi connectivity index (χ0n) is 13.0. The topological polar surface area (TPSA) is 95.6 Å². The van der Waals surface area contributed by atoms with Gasteiger partial charge in [0.25, 0.3) is 11.8 Å². The molecule has 4 amide bonds. The van der Waals surface area contributed by atoms with Crippen LogP contribution >= 0.6 is 11.3 Å². The lowest BCUT2D eigenvalue weighted by Gasteiger charge is -2.22. The van der Waals surface area contributed by atoms with Gasteiger partial charge in [-0.3, -0.25) is 34.9 Å². The second-order valence-corrected chi connectivity index (χ2v) is 6.75. The molecule has 1 aromatic heterocycles. The van der Waals surface area contributed by atoms with Crippen LogP contribution in [-0.4, -0.2) is 34.6 Å². The molecular formula is C16H17N3O4S. The Balaban J connectivity index is 1.62. The molecule has 7 nitrogen and oxygen atoms in total. The number of carbonyl (C=O) groups is 4. The van der Waals surface area contributed by atoms with Crippen molar-refractivity contribution in [3.8, 4) is 0 Å². The van der Waals surface area contributed by atoms with Crippen molar-refractivity contribution in [3.63, 3.8) is 0 Å². The van der Waals surface area contributed by atoms with E-state index in [2.05, 4.69) is 10.9 Å². The molecule has 1 aromatic rings. The molecule has 0 spiro atoms. The maximum absolute atomic E-state index is 12.4. The van der Waals surface area contributed by atoms with E-state index in [0.717, 1.165) is 4.90 Å². The first-order valence-electron chi connectivity index (χ1n) is 7.66. The van der Waals surface area contributed by atoms with Crippen LogP contribution in [0.1, 0.15) is 29.4 Å². The molecule has 3 rings (SSSR count). The average molecular weight is 347 g/mol. The predicted octanol–water partition coefficient (Wildman–Crippen LogP) is 0.849. The molecule has 2 N–H and O–H groups in total. The van der Waals surface area contributed by atoms with E-state index in [1.54, 1.807) is 17.5 Å². The van der Waals surface area contributed by atoms with Gasteiger partial charge in [0, 0.05) is 0 Å². The lowest BCUT2D eigenvalue weighted by atomic mass is 9.85. The Morgan fingerprint density at radius 1 is 1.17 bits per heavy atom. The maximum atomic E-state index is 12.4. The highest BCUT2D eigenvalue weighted by Gasteiger charge is 2.50. The number of hydrogen-bond donors (Lipinski definition) is 2. The number of imide groups is 1. The molecule has 1 aliphatic heterocycles. The summed E-state index contributed by atoms with van der Waals surface area (Å²) in [5.41, 5.74) is 4.57. The molecule has 2 aliphatic rings. The second kappa shape index (κ2) is 6.56. The summed E-state index contributed by atoms with van der Waals surface area (Å²) in [5, 5.41) is 1.75. The standard InChI is InChI=1S/C16H17N3O4S/c1-9(13(20)17-18-14(21)12-7-4-8-24-12)19-15(22)10-5-2-3-6-11(10)16(19)23/h2-4,7-11H,5-6H2,1H3,(H,17,20)(H,18,21)/t9-,10-,11+/m0/s1. The van der Waals surface area contributed by atoms with Gasteiger partial charge < -0.3 is 0 Å². The Morgan fingerprint density at radius 3 is 2.33 bits per heavy atom. The van der Waals surface area contributed by atoms with E-state index in [1.165, 1.54) is 18.3 Å². The largest absolute Gasteiger partial charge is 0.279 e. The van der Waals surface area contributed by atoms with Crippen molar-refractivity contribution in [1.82, 2.24) is 15.8 Å². The fourth-order valence-electron chi connectivity index (χ4n) is 3.02. The zero-order valence-corrected chi connectivity index (χ0v) is 13.8. The molecule has 24 heavy (non-hydrogen) atoms. The van der Waals surface area contributed by atoms with Gasteiger partial charge in [-0.1, -0.05) is 18.2 Å². The van der Waals surface area contributed by atoms with Crippen molar-refractivity contribution >= 4 is 35.0 Å². The van der Waals surface area contributed by atoms with E-state index in [4.69, 9.17) is 0 Å². The van der Waals surface area contributed by atoms with E-state index in [9.17, 15) is 19.2 Å². The number of amides is 4. The van der Waals surface area contributed by atoms with E-state index in [1.807, 2.05) is 12.2 Å². The number of carbonyl (C=O) groups excluding carboxylic acids is 4. The maximum Gasteiger partial charge on any atom is 0.279 e. The quantitative estimate of drug-likeness (QED) is 0.481. The number of likely N-dealkylation sites (tertiary alicyclic amines) is 1. The van der Waals surface area contributed by atoms with Crippen molar-refractivity contribution < 1.29 is 19.2 Å². The normalized spacial score (nSPS) is 23.8. The third-order valence-electron chi connectivity index (χ3n) is 4.35.